The zero-order chi connectivity index (χ0) is 22.8. The molecular weight excluding hydrogens is 406 g/mol. The fourth-order valence-corrected chi connectivity index (χ4v) is 3.89. The van der Waals surface area contributed by atoms with Crippen molar-refractivity contribution in [1.82, 2.24) is 20.4 Å². The summed E-state index contributed by atoms with van der Waals surface area (Å²) in [6.45, 7) is 6.42. The molecule has 0 bridgehead atoms. The summed E-state index contributed by atoms with van der Waals surface area (Å²) < 4.78 is 10.3. The molecule has 1 aliphatic rings. The number of nitrogens with zero attached hydrogens (tertiary/aromatic N) is 3. The summed E-state index contributed by atoms with van der Waals surface area (Å²) in [6.07, 6.45) is 3.19. The van der Waals surface area contributed by atoms with E-state index >= 15 is 0 Å². The molecule has 1 fully saturated rings. The number of hydrogen-bond acceptors (Lipinski definition) is 5. The van der Waals surface area contributed by atoms with Crippen molar-refractivity contribution in [3.63, 3.8) is 0 Å². The standard InChI is InChI=1S/C24H35N5O3/c1-4-25-23(27-21-11-13-29(14-12-21)24(30)31-3)26-16-19-8-5-6-9-20(19)17-28(2)18-22-10-7-15-32-22/h5-10,15,21H,4,11-14,16-18H2,1-3H3,(H2,25,26,27). The van der Waals surface area contributed by atoms with E-state index in [4.69, 9.17) is 14.1 Å². The molecule has 2 aromatic rings. The molecule has 8 heteroatoms. The van der Waals surface area contributed by atoms with E-state index in [1.165, 1.54) is 18.2 Å². The first kappa shape index (κ1) is 23.7. The van der Waals surface area contributed by atoms with Gasteiger partial charge >= 0.3 is 6.09 Å². The Morgan fingerprint density at radius 1 is 1.19 bits per heavy atom. The molecule has 0 aliphatic carbocycles. The predicted molar refractivity (Wildman–Crippen MR) is 125 cm³/mol. The van der Waals surface area contributed by atoms with Crippen molar-refractivity contribution in [2.24, 2.45) is 4.99 Å². The van der Waals surface area contributed by atoms with Crippen LogP contribution in [0.4, 0.5) is 4.79 Å². The van der Waals surface area contributed by atoms with Crippen LogP contribution in [0.3, 0.4) is 0 Å². The van der Waals surface area contributed by atoms with E-state index in [0.717, 1.165) is 44.2 Å². The predicted octanol–water partition coefficient (Wildman–Crippen LogP) is 3.20. The zero-order valence-electron chi connectivity index (χ0n) is 19.3. The first-order valence-electron chi connectivity index (χ1n) is 11.2. The Labute approximate surface area is 190 Å². The van der Waals surface area contributed by atoms with Crippen LogP contribution in [-0.2, 0) is 24.4 Å². The molecule has 8 nitrogen and oxygen atoms in total. The molecule has 2 heterocycles. The highest BCUT2D eigenvalue weighted by atomic mass is 16.5. The lowest BCUT2D eigenvalue weighted by Gasteiger charge is -2.32. The van der Waals surface area contributed by atoms with Gasteiger partial charge in [0, 0.05) is 32.2 Å². The lowest BCUT2D eigenvalue weighted by atomic mass is 10.1. The maximum absolute atomic E-state index is 11.7. The fraction of sp³-hybridized carbons (Fsp3) is 0.500. The Balaban J connectivity index is 1.58. The zero-order valence-corrected chi connectivity index (χ0v) is 19.3. The molecule has 2 N–H and O–H groups in total. The van der Waals surface area contributed by atoms with Gasteiger partial charge in [0.05, 0.1) is 26.5 Å². The minimum Gasteiger partial charge on any atom is -0.468 e. The van der Waals surface area contributed by atoms with Crippen LogP contribution in [0.15, 0.2) is 52.1 Å². The van der Waals surface area contributed by atoms with Crippen LogP contribution in [0, 0.1) is 0 Å². The highest BCUT2D eigenvalue weighted by molar-refractivity contribution is 5.80. The van der Waals surface area contributed by atoms with Crippen molar-refractivity contribution in [2.45, 2.75) is 45.4 Å². The first-order valence-corrected chi connectivity index (χ1v) is 11.2. The van der Waals surface area contributed by atoms with Gasteiger partial charge in [-0.2, -0.15) is 0 Å². The quantitative estimate of drug-likeness (QED) is 0.484. The maximum atomic E-state index is 11.7. The number of ether oxygens (including phenoxy) is 1. The third kappa shape index (κ3) is 7.02. The van der Waals surface area contributed by atoms with Gasteiger partial charge < -0.3 is 24.7 Å². The SMILES string of the molecule is CCNC(=NCc1ccccc1CN(C)Cc1ccco1)NC1CCN(C(=O)OC)CC1. The van der Waals surface area contributed by atoms with Gasteiger partial charge in [0.25, 0.3) is 0 Å². The summed E-state index contributed by atoms with van der Waals surface area (Å²) in [5.74, 6) is 1.77. The number of rotatable bonds is 8. The van der Waals surface area contributed by atoms with E-state index in [2.05, 4.69) is 53.8 Å². The monoisotopic (exact) mass is 441 g/mol. The van der Waals surface area contributed by atoms with Crippen LogP contribution >= 0.6 is 0 Å². The molecule has 1 amide bonds. The van der Waals surface area contributed by atoms with Crippen LogP contribution in [0.25, 0.3) is 0 Å². The van der Waals surface area contributed by atoms with Gasteiger partial charge in [-0.05, 0) is 50.1 Å². The molecule has 0 spiro atoms. The number of carbonyl (C=O) groups excluding carboxylic acids is 1. The van der Waals surface area contributed by atoms with Crippen molar-refractivity contribution in [1.29, 1.82) is 0 Å². The van der Waals surface area contributed by atoms with Crippen molar-refractivity contribution < 1.29 is 13.9 Å². The number of furan rings is 1. The summed E-state index contributed by atoms with van der Waals surface area (Å²) >= 11 is 0. The van der Waals surface area contributed by atoms with E-state index < -0.39 is 0 Å². The van der Waals surface area contributed by atoms with Crippen LogP contribution in [0.5, 0.6) is 0 Å². The highest BCUT2D eigenvalue weighted by Crippen LogP contribution is 2.15. The van der Waals surface area contributed by atoms with E-state index in [9.17, 15) is 4.79 Å². The Kier molecular flexibility index (Phi) is 8.98. The molecule has 0 atom stereocenters. The average molecular weight is 442 g/mol. The second kappa shape index (κ2) is 12.1. The topological polar surface area (TPSA) is 82.3 Å². The molecular formula is C24H35N5O3. The molecule has 1 aromatic heterocycles. The number of benzene rings is 1. The number of amides is 1. The Morgan fingerprint density at radius 2 is 1.94 bits per heavy atom. The molecule has 1 aliphatic heterocycles. The molecule has 3 rings (SSSR count). The molecule has 32 heavy (non-hydrogen) atoms. The molecule has 1 aromatic carbocycles. The summed E-state index contributed by atoms with van der Waals surface area (Å²) in [4.78, 5) is 20.5. The normalized spacial score (nSPS) is 15.1. The number of aliphatic imine (C=N–C) groups is 1. The van der Waals surface area contributed by atoms with Gasteiger partial charge in [0.1, 0.15) is 5.76 Å². The number of methoxy groups -OCH3 is 1. The lowest BCUT2D eigenvalue weighted by Crippen LogP contribution is -2.49. The Bertz CT molecular complexity index is 860. The summed E-state index contributed by atoms with van der Waals surface area (Å²) in [7, 11) is 3.52. The maximum Gasteiger partial charge on any atom is 0.409 e. The number of hydrogen-bond donors (Lipinski definition) is 2. The van der Waals surface area contributed by atoms with Gasteiger partial charge in [-0.3, -0.25) is 4.90 Å². The minimum atomic E-state index is -0.252. The van der Waals surface area contributed by atoms with Crippen LogP contribution in [-0.4, -0.2) is 61.7 Å². The number of nitrogens with one attached hydrogen (secondary N) is 2. The minimum absolute atomic E-state index is 0.252. The molecule has 1 saturated heterocycles. The number of piperidine rings is 1. The lowest BCUT2D eigenvalue weighted by molar-refractivity contribution is 0.111. The molecule has 0 unspecified atom stereocenters. The largest absolute Gasteiger partial charge is 0.468 e. The van der Waals surface area contributed by atoms with Crippen LogP contribution in [0.1, 0.15) is 36.7 Å². The third-order valence-corrected chi connectivity index (χ3v) is 5.58. The molecule has 0 radical (unpaired) electrons. The van der Waals surface area contributed by atoms with Crippen molar-refractivity contribution >= 4 is 12.1 Å². The van der Waals surface area contributed by atoms with Gasteiger partial charge in [-0.15, -0.1) is 0 Å². The number of likely N-dealkylation sites (tertiary alicyclic amines) is 1. The fourth-order valence-electron chi connectivity index (χ4n) is 3.89. The number of carbonyl (C=O) groups is 1. The summed E-state index contributed by atoms with van der Waals surface area (Å²) in [5.41, 5.74) is 2.46. The van der Waals surface area contributed by atoms with E-state index in [1.54, 1.807) is 11.2 Å². The Morgan fingerprint density at radius 3 is 2.59 bits per heavy atom. The summed E-state index contributed by atoms with van der Waals surface area (Å²) in [6, 6.07) is 12.6. The van der Waals surface area contributed by atoms with Crippen LogP contribution in [0.2, 0.25) is 0 Å². The van der Waals surface area contributed by atoms with Crippen LogP contribution < -0.4 is 10.6 Å². The Hall–Kier alpha value is -3.00. The van der Waals surface area contributed by atoms with Crippen molar-refractivity contribution in [3.05, 3.63) is 59.5 Å². The van der Waals surface area contributed by atoms with Gasteiger partial charge in [0.15, 0.2) is 5.96 Å². The second-order valence-corrected chi connectivity index (χ2v) is 8.09. The van der Waals surface area contributed by atoms with Gasteiger partial charge in [-0.1, -0.05) is 24.3 Å². The van der Waals surface area contributed by atoms with E-state index in [0.29, 0.717) is 19.6 Å². The van der Waals surface area contributed by atoms with Gasteiger partial charge in [0.2, 0.25) is 0 Å². The number of guanidine groups is 1. The second-order valence-electron chi connectivity index (χ2n) is 8.09. The average Bonchev–Trinajstić information content (AvgIpc) is 3.31. The summed E-state index contributed by atoms with van der Waals surface area (Å²) in [5, 5.41) is 6.88. The van der Waals surface area contributed by atoms with Crippen molar-refractivity contribution in [2.75, 3.05) is 33.8 Å². The van der Waals surface area contributed by atoms with E-state index in [-0.39, 0.29) is 12.1 Å². The smallest absolute Gasteiger partial charge is 0.409 e. The highest BCUT2D eigenvalue weighted by Gasteiger charge is 2.23. The molecule has 0 saturated carbocycles. The van der Waals surface area contributed by atoms with Crippen molar-refractivity contribution in [3.8, 4) is 0 Å². The molecule has 174 valence electrons. The third-order valence-electron chi connectivity index (χ3n) is 5.58. The van der Waals surface area contributed by atoms with E-state index in [1.807, 2.05) is 12.1 Å². The first-order chi connectivity index (χ1) is 15.6. The van der Waals surface area contributed by atoms with Gasteiger partial charge in [-0.25, -0.2) is 9.79 Å².